The van der Waals surface area contributed by atoms with Crippen molar-refractivity contribution in [2.75, 3.05) is 6.54 Å². The quantitative estimate of drug-likeness (QED) is 0.794. The van der Waals surface area contributed by atoms with Gasteiger partial charge in [0.1, 0.15) is 5.84 Å². The zero-order valence-corrected chi connectivity index (χ0v) is 13.5. The number of nitrogens with zero attached hydrogens (tertiary/aromatic N) is 1. The van der Waals surface area contributed by atoms with Crippen LogP contribution in [0.2, 0.25) is 0 Å². The first-order valence-electron chi connectivity index (χ1n) is 7.86. The molecule has 0 saturated carbocycles. The van der Waals surface area contributed by atoms with Crippen LogP contribution in [0.1, 0.15) is 22.3 Å². The molecule has 0 saturated heterocycles. The molecule has 3 rings (SSSR count). The van der Waals surface area contributed by atoms with Crippen LogP contribution in [0.4, 0.5) is 13.2 Å². The highest BCUT2D eigenvalue weighted by Gasteiger charge is 2.30. The molecule has 1 aliphatic heterocycles. The molecule has 0 atom stereocenters. The third-order valence-electron chi connectivity index (χ3n) is 3.98. The molecule has 0 aromatic heterocycles. The third-order valence-corrected chi connectivity index (χ3v) is 3.98. The molecule has 0 radical (unpaired) electrons. The normalized spacial score (nSPS) is 15.8. The van der Waals surface area contributed by atoms with Gasteiger partial charge in [-0.1, -0.05) is 42.5 Å². The molecule has 2 aromatic rings. The van der Waals surface area contributed by atoms with E-state index in [1.165, 1.54) is 12.1 Å². The summed E-state index contributed by atoms with van der Waals surface area (Å²) >= 11 is 0. The fraction of sp³-hybridized carbons (Fsp3) is 0.150. The Morgan fingerprint density at radius 3 is 2.48 bits per heavy atom. The van der Waals surface area contributed by atoms with Gasteiger partial charge in [-0.25, -0.2) is 0 Å². The first-order chi connectivity index (χ1) is 12.0. The Hall–Kier alpha value is -2.82. The molecule has 1 aliphatic rings. The summed E-state index contributed by atoms with van der Waals surface area (Å²) in [5.74, 6) is 0.800. The average molecular weight is 342 g/mol. The Bertz CT molecular complexity index is 831. The Labute approximate surface area is 144 Å². The van der Waals surface area contributed by atoms with E-state index in [-0.39, 0.29) is 0 Å². The number of alkyl halides is 3. The first-order valence-corrected chi connectivity index (χ1v) is 7.86. The van der Waals surface area contributed by atoms with Crippen LogP contribution in [0.5, 0.6) is 0 Å². The van der Waals surface area contributed by atoms with Crippen LogP contribution >= 0.6 is 0 Å². The van der Waals surface area contributed by atoms with Crippen LogP contribution in [0.3, 0.4) is 0 Å². The molecule has 2 nitrogen and oxygen atoms in total. The van der Waals surface area contributed by atoms with Crippen molar-refractivity contribution in [1.29, 1.82) is 0 Å². The van der Waals surface area contributed by atoms with E-state index in [0.717, 1.165) is 40.2 Å². The Morgan fingerprint density at radius 2 is 1.80 bits per heavy atom. The van der Waals surface area contributed by atoms with Crippen molar-refractivity contribution in [3.05, 3.63) is 89.6 Å². The molecule has 0 aliphatic carbocycles. The van der Waals surface area contributed by atoms with E-state index in [0.29, 0.717) is 13.0 Å². The summed E-state index contributed by atoms with van der Waals surface area (Å²) < 4.78 is 38.4. The zero-order chi connectivity index (χ0) is 17.9. The molecular formula is C20H17F3N2. The van der Waals surface area contributed by atoms with Crippen molar-refractivity contribution < 1.29 is 13.2 Å². The van der Waals surface area contributed by atoms with Crippen molar-refractivity contribution in [3.63, 3.8) is 0 Å². The first kappa shape index (κ1) is 17.0. The lowest BCUT2D eigenvalue weighted by atomic mass is 9.93. The maximum absolute atomic E-state index is 12.8. The van der Waals surface area contributed by atoms with Crippen molar-refractivity contribution in [2.24, 2.45) is 4.99 Å². The second kappa shape index (κ2) is 6.97. The van der Waals surface area contributed by atoms with Gasteiger partial charge in [0, 0.05) is 18.2 Å². The Kier molecular flexibility index (Phi) is 4.74. The second-order valence-corrected chi connectivity index (χ2v) is 5.69. The van der Waals surface area contributed by atoms with Gasteiger partial charge < -0.3 is 5.32 Å². The number of rotatable bonds is 3. The van der Waals surface area contributed by atoms with Crippen LogP contribution in [0, 0.1) is 0 Å². The highest BCUT2D eigenvalue weighted by atomic mass is 19.4. The average Bonchev–Trinajstić information content (AvgIpc) is 2.78. The SMILES string of the molecule is C=CCN=C1Cc2ccccc2C(c2ccc(C(F)(F)F)cc2)=CN1. The van der Waals surface area contributed by atoms with Gasteiger partial charge in [0.25, 0.3) is 0 Å². The molecule has 1 N–H and O–H groups in total. The predicted octanol–water partition coefficient (Wildman–Crippen LogP) is 4.82. The number of hydrogen-bond donors (Lipinski definition) is 1. The topological polar surface area (TPSA) is 24.4 Å². The van der Waals surface area contributed by atoms with Gasteiger partial charge in [0.2, 0.25) is 0 Å². The van der Waals surface area contributed by atoms with Gasteiger partial charge in [0.15, 0.2) is 0 Å². The van der Waals surface area contributed by atoms with Crippen molar-refractivity contribution in [1.82, 2.24) is 5.32 Å². The molecule has 128 valence electrons. The molecule has 0 unspecified atom stereocenters. The minimum Gasteiger partial charge on any atom is -0.350 e. The van der Waals surface area contributed by atoms with E-state index < -0.39 is 11.7 Å². The van der Waals surface area contributed by atoms with Gasteiger partial charge in [-0.15, -0.1) is 6.58 Å². The molecule has 2 aromatic carbocycles. The van der Waals surface area contributed by atoms with Gasteiger partial charge in [-0.05, 0) is 28.8 Å². The molecule has 25 heavy (non-hydrogen) atoms. The van der Waals surface area contributed by atoms with Crippen LogP contribution < -0.4 is 5.32 Å². The molecule has 1 heterocycles. The number of amidine groups is 1. The maximum Gasteiger partial charge on any atom is 0.416 e. The zero-order valence-electron chi connectivity index (χ0n) is 13.5. The lowest BCUT2D eigenvalue weighted by Crippen LogP contribution is -2.19. The summed E-state index contributed by atoms with van der Waals surface area (Å²) in [5.41, 5.74) is 2.96. The monoisotopic (exact) mass is 342 g/mol. The Balaban J connectivity index is 2.02. The highest BCUT2D eigenvalue weighted by molar-refractivity contribution is 5.93. The number of fused-ring (bicyclic) bond motifs is 1. The summed E-state index contributed by atoms with van der Waals surface area (Å²) in [6.07, 6.45) is -0.190. The van der Waals surface area contributed by atoms with Gasteiger partial charge in [-0.3, -0.25) is 4.99 Å². The molecular weight excluding hydrogens is 325 g/mol. The van der Waals surface area contributed by atoms with Crippen molar-refractivity contribution in [2.45, 2.75) is 12.6 Å². The minimum atomic E-state index is -4.34. The van der Waals surface area contributed by atoms with Gasteiger partial charge in [0.05, 0.1) is 12.1 Å². The number of aliphatic imine (C=N–C) groups is 1. The summed E-state index contributed by atoms with van der Waals surface area (Å²) in [6, 6.07) is 13.0. The highest BCUT2D eigenvalue weighted by Crippen LogP contribution is 2.32. The van der Waals surface area contributed by atoms with Gasteiger partial charge >= 0.3 is 6.18 Å². The van der Waals surface area contributed by atoms with E-state index in [9.17, 15) is 13.2 Å². The maximum atomic E-state index is 12.8. The fourth-order valence-electron chi connectivity index (χ4n) is 2.76. The molecule has 0 spiro atoms. The Morgan fingerprint density at radius 1 is 1.08 bits per heavy atom. The summed E-state index contributed by atoms with van der Waals surface area (Å²) in [4.78, 5) is 4.43. The van der Waals surface area contributed by atoms with Crippen molar-refractivity contribution >= 4 is 11.4 Å². The van der Waals surface area contributed by atoms with Crippen LogP contribution in [-0.2, 0) is 12.6 Å². The van der Waals surface area contributed by atoms with E-state index in [2.05, 4.69) is 16.9 Å². The minimum absolute atomic E-state index is 0.508. The lowest BCUT2D eigenvalue weighted by molar-refractivity contribution is -0.137. The lowest BCUT2D eigenvalue weighted by Gasteiger charge is -2.12. The third kappa shape index (κ3) is 3.82. The summed E-state index contributed by atoms with van der Waals surface area (Å²) in [5, 5.41) is 3.17. The largest absolute Gasteiger partial charge is 0.416 e. The molecule has 0 amide bonds. The van der Waals surface area contributed by atoms with E-state index >= 15 is 0 Å². The standard InChI is InChI=1S/C20H17F3N2/c1-2-11-24-19-12-15-5-3-4-6-17(15)18(13-25-19)14-7-9-16(10-8-14)20(21,22)23/h2-10,13H,1,11-12H2,(H,24,25). The second-order valence-electron chi connectivity index (χ2n) is 5.69. The number of benzene rings is 2. The summed E-state index contributed by atoms with van der Waals surface area (Å²) in [7, 11) is 0. The van der Waals surface area contributed by atoms with Crippen molar-refractivity contribution in [3.8, 4) is 0 Å². The molecule has 0 bridgehead atoms. The molecule has 5 heteroatoms. The van der Waals surface area contributed by atoms with Gasteiger partial charge in [-0.2, -0.15) is 13.2 Å². The smallest absolute Gasteiger partial charge is 0.350 e. The van der Waals surface area contributed by atoms with E-state index in [4.69, 9.17) is 0 Å². The van der Waals surface area contributed by atoms with E-state index in [1.54, 1.807) is 12.3 Å². The number of halogens is 3. The van der Waals surface area contributed by atoms with Crippen LogP contribution in [-0.4, -0.2) is 12.4 Å². The number of nitrogens with one attached hydrogen (secondary N) is 1. The van der Waals surface area contributed by atoms with E-state index in [1.807, 2.05) is 24.3 Å². The fourth-order valence-corrected chi connectivity index (χ4v) is 2.76. The molecule has 0 fully saturated rings. The van der Waals surface area contributed by atoms with Crippen LogP contribution in [0.15, 0.2) is 72.4 Å². The number of hydrogen-bond acceptors (Lipinski definition) is 1. The summed E-state index contributed by atoms with van der Waals surface area (Å²) in [6.45, 7) is 4.17. The van der Waals surface area contributed by atoms with Crippen LogP contribution in [0.25, 0.3) is 5.57 Å². The predicted molar refractivity (Wildman–Crippen MR) is 94.3 cm³/mol.